The van der Waals surface area contributed by atoms with Crippen molar-refractivity contribution in [2.45, 2.75) is 47.6 Å². The Balaban J connectivity index is 1.74. The summed E-state index contributed by atoms with van der Waals surface area (Å²) < 4.78 is 13.6. The van der Waals surface area contributed by atoms with Gasteiger partial charge in [-0.05, 0) is 42.0 Å². The minimum Gasteiger partial charge on any atom is -0.486 e. The number of thiazole rings is 1. The minimum absolute atomic E-state index is 0.0764. The number of rotatable bonds is 4. The fourth-order valence-corrected chi connectivity index (χ4v) is 5.57. The van der Waals surface area contributed by atoms with E-state index in [2.05, 4.69) is 13.8 Å². The number of ether oxygens (including phenoxy) is 2. The van der Waals surface area contributed by atoms with E-state index in [0.717, 1.165) is 12.0 Å². The lowest BCUT2D eigenvalue weighted by Gasteiger charge is -2.35. The Bertz CT molecular complexity index is 1290. The molecule has 0 aliphatic carbocycles. The molecule has 2 aliphatic heterocycles. The molecule has 1 amide bonds. The molecule has 35 heavy (non-hydrogen) atoms. The van der Waals surface area contributed by atoms with E-state index < -0.39 is 5.41 Å². The molecule has 7 nitrogen and oxygen atoms in total. The summed E-state index contributed by atoms with van der Waals surface area (Å²) in [6.07, 6.45) is 4.37. The van der Waals surface area contributed by atoms with Crippen molar-refractivity contribution in [1.82, 2.24) is 9.47 Å². The smallest absolute Gasteiger partial charge is 0.269 e. The molecule has 0 radical (unpaired) electrons. The lowest BCUT2D eigenvalue weighted by atomic mass is 9.91. The molecule has 0 saturated carbocycles. The van der Waals surface area contributed by atoms with Gasteiger partial charge in [-0.2, -0.15) is 0 Å². The number of nitrogens with zero attached hydrogens (tertiary/aromatic N) is 2. The highest BCUT2D eigenvalue weighted by Crippen LogP contribution is 2.30. The van der Waals surface area contributed by atoms with Crippen LogP contribution in [0.5, 0.6) is 11.5 Å². The summed E-state index contributed by atoms with van der Waals surface area (Å²) in [7, 11) is 0. The summed E-state index contributed by atoms with van der Waals surface area (Å²) in [5.74, 6) is 1.99. The molecule has 2 aliphatic rings. The molecular weight excluding hydrogens is 464 g/mol. The van der Waals surface area contributed by atoms with Crippen molar-refractivity contribution in [3.8, 4) is 11.5 Å². The molecule has 0 bridgehead atoms. The van der Waals surface area contributed by atoms with Crippen LogP contribution in [0.1, 0.15) is 46.6 Å². The monoisotopic (exact) mass is 498 g/mol. The molecule has 2 unspecified atom stereocenters. The maximum atomic E-state index is 13.4. The maximum Gasteiger partial charge on any atom is 0.269 e. The summed E-state index contributed by atoms with van der Waals surface area (Å²) in [5, 5.41) is 0. The van der Waals surface area contributed by atoms with E-state index in [0.29, 0.717) is 58.8 Å². The lowest BCUT2D eigenvalue weighted by Crippen LogP contribution is -2.46. The zero-order valence-corrected chi connectivity index (χ0v) is 21.9. The molecule has 1 saturated heterocycles. The molecule has 1 fully saturated rings. The third-order valence-electron chi connectivity index (χ3n) is 6.31. The first kappa shape index (κ1) is 25.2. The van der Waals surface area contributed by atoms with Crippen molar-refractivity contribution in [3.63, 3.8) is 0 Å². The van der Waals surface area contributed by atoms with E-state index in [9.17, 15) is 14.4 Å². The number of Topliss-reactive ketones (excluding diaryl/α,β-unsaturated/α-hetero) is 1. The number of carbonyl (C=O) groups is 2. The van der Waals surface area contributed by atoms with E-state index in [-0.39, 0.29) is 23.8 Å². The molecule has 1 aromatic carbocycles. The third-order valence-corrected chi connectivity index (χ3v) is 7.37. The number of benzene rings is 1. The number of likely N-dealkylation sites (tertiary alicyclic amines) is 1. The number of aromatic nitrogens is 1. The zero-order valence-electron chi connectivity index (χ0n) is 21.1. The topological polar surface area (TPSA) is 77.8 Å². The molecule has 3 heterocycles. The SMILES string of the molecule is CC1CC(C)CN(C(=O)Cn2c(=O)/c(=C/c3ccc4c(c3)OCCO4)s/c2=C/C(=O)C(C)(C)C)C1. The van der Waals surface area contributed by atoms with Gasteiger partial charge in [-0.25, -0.2) is 0 Å². The fourth-order valence-electron chi connectivity index (χ4n) is 4.52. The van der Waals surface area contributed by atoms with Gasteiger partial charge in [0.05, 0.1) is 4.53 Å². The molecule has 188 valence electrons. The van der Waals surface area contributed by atoms with Crippen molar-refractivity contribution in [3.05, 3.63) is 43.3 Å². The molecule has 8 heteroatoms. The normalized spacial score (nSPS) is 21.3. The Labute approximate surface area is 209 Å². The standard InChI is InChI=1S/C27H34N2O5S/c1-17-10-18(2)15-28(14-17)24(31)16-29-25(13-23(30)27(3,4)5)35-22(26(29)32)12-19-6-7-20-21(11-19)34-9-8-33-20/h6-7,11-13,17-18H,8-10,14-16H2,1-5H3/b22-12-,25-13+. The van der Waals surface area contributed by atoms with Crippen LogP contribution in [-0.4, -0.2) is 47.5 Å². The van der Waals surface area contributed by atoms with E-state index >= 15 is 0 Å². The van der Waals surface area contributed by atoms with Crippen molar-refractivity contribution in [2.24, 2.45) is 17.3 Å². The number of piperidine rings is 1. The Kier molecular flexibility index (Phi) is 7.22. The van der Waals surface area contributed by atoms with Gasteiger partial charge in [-0.15, -0.1) is 11.3 Å². The third kappa shape index (κ3) is 5.86. The Morgan fingerprint density at radius 2 is 1.74 bits per heavy atom. The Morgan fingerprint density at radius 3 is 2.40 bits per heavy atom. The first-order valence-electron chi connectivity index (χ1n) is 12.2. The molecule has 2 aromatic rings. The van der Waals surface area contributed by atoms with Gasteiger partial charge in [-0.3, -0.25) is 19.0 Å². The lowest BCUT2D eigenvalue weighted by molar-refractivity contribution is -0.134. The van der Waals surface area contributed by atoms with Crippen molar-refractivity contribution >= 4 is 35.2 Å². The number of hydrogen-bond acceptors (Lipinski definition) is 6. The highest BCUT2D eigenvalue weighted by Gasteiger charge is 2.26. The van der Waals surface area contributed by atoms with Crippen LogP contribution in [0.15, 0.2) is 23.0 Å². The zero-order chi connectivity index (χ0) is 25.3. The molecule has 0 N–H and O–H groups in total. The average Bonchev–Trinajstić information content (AvgIpc) is 3.06. The van der Waals surface area contributed by atoms with Gasteiger partial charge in [0.15, 0.2) is 17.3 Å². The predicted molar refractivity (Wildman–Crippen MR) is 137 cm³/mol. The first-order chi connectivity index (χ1) is 16.5. The van der Waals surface area contributed by atoms with Crippen LogP contribution in [0.2, 0.25) is 0 Å². The predicted octanol–water partition coefficient (Wildman–Crippen LogP) is 2.41. The second kappa shape index (κ2) is 10.0. The van der Waals surface area contributed by atoms with E-state index in [4.69, 9.17) is 9.47 Å². The summed E-state index contributed by atoms with van der Waals surface area (Å²) in [5.41, 5.74) is -0.0745. The number of amides is 1. The minimum atomic E-state index is -0.591. The van der Waals surface area contributed by atoms with Gasteiger partial charge in [0.25, 0.3) is 5.56 Å². The summed E-state index contributed by atoms with van der Waals surface area (Å²) in [4.78, 5) is 41.3. The van der Waals surface area contributed by atoms with E-state index in [1.807, 2.05) is 43.9 Å². The van der Waals surface area contributed by atoms with Gasteiger partial charge in [0.1, 0.15) is 24.4 Å². The quantitative estimate of drug-likeness (QED) is 0.647. The largest absolute Gasteiger partial charge is 0.486 e. The van der Waals surface area contributed by atoms with Crippen LogP contribution in [0.4, 0.5) is 0 Å². The van der Waals surface area contributed by atoms with E-state index in [1.54, 1.807) is 6.08 Å². The Hall–Kier alpha value is -2.87. The maximum absolute atomic E-state index is 13.4. The summed E-state index contributed by atoms with van der Waals surface area (Å²) in [6, 6.07) is 5.52. The number of carbonyl (C=O) groups excluding carboxylic acids is 2. The molecule has 0 spiro atoms. The molecular formula is C27H34N2O5S. The van der Waals surface area contributed by atoms with Crippen molar-refractivity contribution < 1.29 is 19.1 Å². The van der Waals surface area contributed by atoms with Crippen LogP contribution in [0.3, 0.4) is 0 Å². The van der Waals surface area contributed by atoms with Crippen LogP contribution in [-0.2, 0) is 16.1 Å². The average molecular weight is 499 g/mol. The van der Waals surface area contributed by atoms with Crippen molar-refractivity contribution in [2.75, 3.05) is 26.3 Å². The van der Waals surface area contributed by atoms with Crippen LogP contribution in [0.25, 0.3) is 12.2 Å². The molecule has 1 aromatic heterocycles. The Morgan fingerprint density at radius 1 is 1.09 bits per heavy atom. The van der Waals surface area contributed by atoms with Crippen LogP contribution >= 0.6 is 11.3 Å². The number of hydrogen-bond donors (Lipinski definition) is 0. The van der Waals surface area contributed by atoms with Crippen molar-refractivity contribution in [1.29, 1.82) is 0 Å². The first-order valence-corrected chi connectivity index (χ1v) is 13.0. The molecule has 4 rings (SSSR count). The second-order valence-corrected chi connectivity index (χ2v) is 11.8. The van der Waals surface area contributed by atoms with Gasteiger partial charge < -0.3 is 14.4 Å². The van der Waals surface area contributed by atoms with Gasteiger partial charge in [0, 0.05) is 24.6 Å². The van der Waals surface area contributed by atoms with Gasteiger partial charge in [0.2, 0.25) is 5.91 Å². The summed E-state index contributed by atoms with van der Waals surface area (Å²) in [6.45, 7) is 12.1. The number of fused-ring (bicyclic) bond motifs is 1. The van der Waals surface area contributed by atoms with Crippen LogP contribution < -0.4 is 24.2 Å². The highest BCUT2D eigenvalue weighted by atomic mass is 32.1. The number of ketones is 1. The van der Waals surface area contributed by atoms with E-state index in [1.165, 1.54) is 22.0 Å². The van der Waals surface area contributed by atoms with Gasteiger partial charge >= 0.3 is 0 Å². The van der Waals surface area contributed by atoms with Gasteiger partial charge in [-0.1, -0.05) is 40.7 Å². The highest BCUT2D eigenvalue weighted by molar-refractivity contribution is 7.07. The fraction of sp³-hybridized carbons (Fsp3) is 0.519. The molecule has 2 atom stereocenters. The summed E-state index contributed by atoms with van der Waals surface area (Å²) >= 11 is 1.23. The van der Waals surface area contributed by atoms with Crippen LogP contribution in [0, 0.1) is 17.3 Å². The second-order valence-electron chi connectivity index (χ2n) is 10.7.